The molecule has 0 unspecified atom stereocenters. The van der Waals surface area contributed by atoms with E-state index in [0.29, 0.717) is 19.0 Å². The molecule has 0 bridgehead atoms. The smallest absolute Gasteiger partial charge is 0.204 e. The second kappa shape index (κ2) is 6.70. The summed E-state index contributed by atoms with van der Waals surface area (Å²) in [5.74, 6) is 4.45. The molecule has 0 saturated heterocycles. The highest BCUT2D eigenvalue weighted by molar-refractivity contribution is 6.83. The van der Waals surface area contributed by atoms with Crippen LogP contribution in [-0.2, 0) is 4.74 Å². The zero-order valence-corrected chi connectivity index (χ0v) is 13.9. The van der Waals surface area contributed by atoms with Crippen molar-refractivity contribution in [3.05, 3.63) is 30.2 Å². The summed E-state index contributed by atoms with van der Waals surface area (Å²) >= 11 is 0. The predicted octanol–water partition coefficient (Wildman–Crippen LogP) is 2.88. The average molecular weight is 300 g/mol. The van der Waals surface area contributed by atoms with Crippen LogP contribution in [0.15, 0.2) is 24.4 Å². The van der Waals surface area contributed by atoms with E-state index in [1.165, 1.54) is 0 Å². The van der Waals surface area contributed by atoms with E-state index in [1.54, 1.807) is 13.3 Å². The lowest BCUT2D eigenvalue weighted by Gasteiger charge is -2.06. The van der Waals surface area contributed by atoms with Crippen molar-refractivity contribution in [2.24, 2.45) is 0 Å². The molecule has 0 amide bonds. The average Bonchev–Trinajstić information content (AvgIpc) is 2.44. The van der Waals surface area contributed by atoms with Gasteiger partial charge in [-0.05, 0) is 24.1 Å². The number of aromatic nitrogens is 2. The van der Waals surface area contributed by atoms with Crippen molar-refractivity contribution < 1.29 is 9.47 Å². The first-order valence-corrected chi connectivity index (χ1v) is 10.4. The Hall–Kier alpha value is -1.90. The number of rotatable bonds is 4. The van der Waals surface area contributed by atoms with Gasteiger partial charge in [0.15, 0.2) is 0 Å². The van der Waals surface area contributed by atoms with Crippen molar-refractivity contribution in [3.63, 3.8) is 0 Å². The van der Waals surface area contributed by atoms with E-state index >= 15 is 0 Å². The van der Waals surface area contributed by atoms with E-state index in [9.17, 15) is 0 Å². The second-order valence-corrected chi connectivity index (χ2v) is 10.5. The predicted molar refractivity (Wildman–Crippen MR) is 87.1 cm³/mol. The van der Waals surface area contributed by atoms with Gasteiger partial charge < -0.3 is 9.47 Å². The van der Waals surface area contributed by atoms with Crippen LogP contribution in [0.1, 0.15) is 5.82 Å². The summed E-state index contributed by atoms with van der Waals surface area (Å²) in [5.41, 5.74) is 4.15. The molecule has 1 heterocycles. The molecule has 0 aliphatic carbocycles. The van der Waals surface area contributed by atoms with E-state index in [4.69, 9.17) is 9.47 Å². The van der Waals surface area contributed by atoms with Crippen LogP contribution in [0.25, 0.3) is 10.9 Å². The Labute approximate surface area is 126 Å². The summed E-state index contributed by atoms with van der Waals surface area (Å²) in [5, 5.41) is 0.948. The molecule has 0 aliphatic rings. The number of fused-ring (bicyclic) bond motifs is 1. The largest absolute Gasteiger partial charge is 0.491 e. The molecule has 0 fully saturated rings. The van der Waals surface area contributed by atoms with Gasteiger partial charge in [-0.15, -0.1) is 5.54 Å². The Morgan fingerprint density at radius 2 is 2.00 bits per heavy atom. The summed E-state index contributed by atoms with van der Waals surface area (Å²) in [7, 11) is 0.245. The van der Waals surface area contributed by atoms with Gasteiger partial charge in [-0.2, -0.15) is 0 Å². The van der Waals surface area contributed by atoms with Gasteiger partial charge in [0.2, 0.25) is 5.82 Å². The minimum absolute atomic E-state index is 0.530. The zero-order valence-electron chi connectivity index (χ0n) is 12.9. The van der Waals surface area contributed by atoms with Gasteiger partial charge in [0.1, 0.15) is 20.4 Å². The molecular weight excluding hydrogens is 280 g/mol. The third-order valence-corrected chi connectivity index (χ3v) is 3.53. The van der Waals surface area contributed by atoms with Crippen LogP contribution < -0.4 is 4.74 Å². The number of ether oxygens (including phenoxy) is 2. The molecule has 4 nitrogen and oxygen atoms in total. The third kappa shape index (κ3) is 4.85. The molecule has 0 N–H and O–H groups in total. The fourth-order valence-electron chi connectivity index (χ4n) is 1.65. The van der Waals surface area contributed by atoms with E-state index in [1.807, 2.05) is 18.2 Å². The Balaban J connectivity index is 2.21. The summed E-state index contributed by atoms with van der Waals surface area (Å²) < 4.78 is 10.5. The van der Waals surface area contributed by atoms with E-state index in [0.717, 1.165) is 16.7 Å². The van der Waals surface area contributed by atoms with E-state index < -0.39 is 8.07 Å². The van der Waals surface area contributed by atoms with Gasteiger partial charge in [0.05, 0.1) is 12.1 Å². The molecule has 0 saturated carbocycles. The first-order valence-electron chi connectivity index (χ1n) is 6.90. The van der Waals surface area contributed by atoms with Crippen LogP contribution in [0.4, 0.5) is 0 Å². The van der Waals surface area contributed by atoms with Gasteiger partial charge in [-0.25, -0.2) is 9.97 Å². The van der Waals surface area contributed by atoms with Gasteiger partial charge in [0.25, 0.3) is 0 Å². The van der Waals surface area contributed by atoms with Crippen molar-refractivity contribution in [3.8, 4) is 17.2 Å². The van der Waals surface area contributed by atoms with Gasteiger partial charge in [0, 0.05) is 18.7 Å². The van der Waals surface area contributed by atoms with Crippen LogP contribution in [0.5, 0.6) is 5.75 Å². The molecule has 0 aliphatic heterocycles. The fraction of sp³-hybridized carbons (Fsp3) is 0.375. The monoisotopic (exact) mass is 300 g/mol. The molecular formula is C16H20N2O2Si. The lowest BCUT2D eigenvalue weighted by atomic mass is 10.2. The molecule has 5 heteroatoms. The van der Waals surface area contributed by atoms with Crippen molar-refractivity contribution in [1.82, 2.24) is 9.97 Å². The normalized spacial score (nSPS) is 11.0. The highest BCUT2D eigenvalue weighted by atomic mass is 28.3. The first kappa shape index (κ1) is 15.5. The molecule has 1 aromatic carbocycles. The highest BCUT2D eigenvalue weighted by Gasteiger charge is 2.08. The van der Waals surface area contributed by atoms with Crippen molar-refractivity contribution in [2.75, 3.05) is 20.3 Å². The number of hydrogen-bond donors (Lipinski definition) is 0. The van der Waals surface area contributed by atoms with Gasteiger partial charge >= 0.3 is 0 Å². The van der Waals surface area contributed by atoms with Crippen molar-refractivity contribution in [1.29, 1.82) is 0 Å². The maximum absolute atomic E-state index is 5.57. The summed E-state index contributed by atoms with van der Waals surface area (Å²) in [6, 6.07) is 5.76. The fourth-order valence-corrected chi connectivity index (χ4v) is 2.13. The standard InChI is InChI=1S/C16H20N2O2Si/c1-19-8-9-20-14-5-6-15-13(11-14)12-17-16(18-15)7-10-21(2,3)4/h5-6,11-12H,8-9H2,1-4H3. The van der Waals surface area contributed by atoms with Crippen LogP contribution >= 0.6 is 0 Å². The van der Waals surface area contributed by atoms with Crippen molar-refractivity contribution >= 4 is 19.0 Å². The van der Waals surface area contributed by atoms with Crippen molar-refractivity contribution in [2.45, 2.75) is 19.6 Å². The lowest BCUT2D eigenvalue weighted by Crippen LogP contribution is -2.16. The number of hydrogen-bond acceptors (Lipinski definition) is 4. The number of nitrogens with zero attached hydrogens (tertiary/aromatic N) is 2. The second-order valence-electron chi connectivity index (χ2n) is 5.76. The Morgan fingerprint density at radius 3 is 2.71 bits per heavy atom. The van der Waals surface area contributed by atoms with E-state index in [-0.39, 0.29) is 0 Å². The maximum Gasteiger partial charge on any atom is 0.204 e. The summed E-state index contributed by atoms with van der Waals surface area (Å²) in [4.78, 5) is 8.78. The molecule has 0 atom stereocenters. The molecule has 1 aromatic heterocycles. The lowest BCUT2D eigenvalue weighted by molar-refractivity contribution is 0.146. The van der Waals surface area contributed by atoms with Crippen LogP contribution in [0, 0.1) is 11.5 Å². The first-order chi connectivity index (χ1) is 9.98. The Bertz CT molecular complexity index is 684. The molecule has 2 rings (SSSR count). The number of methoxy groups -OCH3 is 1. The molecule has 0 spiro atoms. The molecule has 110 valence electrons. The van der Waals surface area contributed by atoms with Crippen LogP contribution in [0.2, 0.25) is 19.6 Å². The maximum atomic E-state index is 5.57. The van der Waals surface area contributed by atoms with Crippen LogP contribution in [0.3, 0.4) is 0 Å². The summed E-state index contributed by atoms with van der Waals surface area (Å²) in [6.45, 7) is 7.70. The zero-order chi connectivity index (χ0) is 15.3. The van der Waals surface area contributed by atoms with Crippen LogP contribution in [-0.4, -0.2) is 38.4 Å². The quantitative estimate of drug-likeness (QED) is 0.495. The molecule has 0 radical (unpaired) electrons. The third-order valence-electron chi connectivity index (χ3n) is 2.66. The SMILES string of the molecule is COCCOc1ccc2nc(C#C[Si](C)(C)C)ncc2c1. The minimum Gasteiger partial charge on any atom is -0.491 e. The Morgan fingerprint density at radius 1 is 1.19 bits per heavy atom. The summed E-state index contributed by atoms with van der Waals surface area (Å²) in [6.07, 6.45) is 1.79. The topological polar surface area (TPSA) is 44.2 Å². The Kier molecular flexibility index (Phi) is 4.94. The minimum atomic E-state index is -1.41. The molecule has 2 aromatic rings. The van der Waals surface area contributed by atoms with E-state index in [2.05, 4.69) is 41.1 Å². The number of benzene rings is 1. The molecule has 21 heavy (non-hydrogen) atoms. The highest BCUT2D eigenvalue weighted by Crippen LogP contribution is 2.18. The van der Waals surface area contributed by atoms with Gasteiger partial charge in [-0.1, -0.05) is 19.6 Å². The van der Waals surface area contributed by atoms with Gasteiger partial charge in [-0.3, -0.25) is 0 Å².